The fourth-order valence-electron chi connectivity index (χ4n) is 1.84. The van der Waals surface area contributed by atoms with Crippen molar-refractivity contribution in [3.8, 4) is 6.07 Å². The molecule has 0 fully saturated rings. The summed E-state index contributed by atoms with van der Waals surface area (Å²) in [7, 11) is 0. The SMILES string of the molecule is N#C/C(=C\c1c(F)cccc1Cl)C(=O)Nc1cccc([N+](=O)[O-])c1. The van der Waals surface area contributed by atoms with Crippen LogP contribution in [0, 0.1) is 27.3 Å². The molecule has 24 heavy (non-hydrogen) atoms. The maximum Gasteiger partial charge on any atom is 0.271 e. The average Bonchev–Trinajstić information content (AvgIpc) is 2.54. The van der Waals surface area contributed by atoms with Gasteiger partial charge in [-0.1, -0.05) is 23.7 Å². The van der Waals surface area contributed by atoms with Crippen LogP contribution in [0.1, 0.15) is 5.56 Å². The van der Waals surface area contributed by atoms with Crippen molar-refractivity contribution < 1.29 is 14.1 Å². The molecule has 2 rings (SSSR count). The van der Waals surface area contributed by atoms with Crippen LogP contribution in [0.3, 0.4) is 0 Å². The number of carbonyl (C=O) groups excluding carboxylic acids is 1. The summed E-state index contributed by atoms with van der Waals surface area (Å²) in [6.45, 7) is 0. The number of nitrogens with one attached hydrogen (secondary N) is 1. The smallest absolute Gasteiger partial charge is 0.271 e. The molecule has 0 saturated carbocycles. The molecule has 1 N–H and O–H groups in total. The quantitative estimate of drug-likeness (QED) is 0.393. The summed E-state index contributed by atoms with van der Waals surface area (Å²) in [5.41, 5.74) is -0.569. The maximum atomic E-state index is 13.7. The van der Waals surface area contributed by atoms with Crippen LogP contribution in [0.25, 0.3) is 6.08 Å². The lowest BCUT2D eigenvalue weighted by molar-refractivity contribution is -0.384. The van der Waals surface area contributed by atoms with E-state index in [0.29, 0.717) is 0 Å². The summed E-state index contributed by atoms with van der Waals surface area (Å²) in [5, 5.41) is 22.2. The molecule has 0 unspecified atom stereocenters. The fraction of sp³-hybridized carbons (Fsp3) is 0. The largest absolute Gasteiger partial charge is 0.321 e. The van der Waals surface area contributed by atoms with Gasteiger partial charge in [-0.05, 0) is 24.3 Å². The van der Waals surface area contributed by atoms with E-state index in [1.807, 2.05) is 0 Å². The maximum absolute atomic E-state index is 13.7. The van der Waals surface area contributed by atoms with Crippen LogP contribution < -0.4 is 5.32 Å². The van der Waals surface area contributed by atoms with Gasteiger partial charge in [0.1, 0.15) is 17.5 Å². The fourth-order valence-corrected chi connectivity index (χ4v) is 2.05. The van der Waals surface area contributed by atoms with Crippen LogP contribution >= 0.6 is 11.6 Å². The number of rotatable bonds is 4. The van der Waals surface area contributed by atoms with E-state index in [1.54, 1.807) is 6.07 Å². The lowest BCUT2D eigenvalue weighted by atomic mass is 10.1. The monoisotopic (exact) mass is 345 g/mol. The predicted octanol–water partition coefficient (Wildman–Crippen LogP) is 3.93. The number of hydrogen-bond donors (Lipinski definition) is 1. The van der Waals surface area contributed by atoms with Gasteiger partial charge in [-0.3, -0.25) is 14.9 Å². The van der Waals surface area contributed by atoms with Crippen molar-refractivity contribution in [3.63, 3.8) is 0 Å². The van der Waals surface area contributed by atoms with Gasteiger partial charge in [0.15, 0.2) is 0 Å². The van der Waals surface area contributed by atoms with Crippen LogP contribution in [0.15, 0.2) is 48.0 Å². The van der Waals surface area contributed by atoms with Crippen molar-refractivity contribution >= 4 is 35.0 Å². The van der Waals surface area contributed by atoms with E-state index in [0.717, 1.165) is 18.2 Å². The highest BCUT2D eigenvalue weighted by Gasteiger charge is 2.14. The molecule has 0 aliphatic carbocycles. The highest BCUT2D eigenvalue weighted by Crippen LogP contribution is 2.23. The molecule has 2 aromatic carbocycles. The highest BCUT2D eigenvalue weighted by molar-refractivity contribution is 6.32. The number of nitrogens with zero attached hydrogens (tertiary/aromatic N) is 2. The van der Waals surface area contributed by atoms with E-state index in [4.69, 9.17) is 16.9 Å². The summed E-state index contributed by atoms with van der Waals surface area (Å²) < 4.78 is 13.7. The van der Waals surface area contributed by atoms with Crippen LogP contribution in [0.2, 0.25) is 5.02 Å². The van der Waals surface area contributed by atoms with E-state index in [9.17, 15) is 19.3 Å². The Morgan fingerprint density at radius 1 is 1.33 bits per heavy atom. The molecule has 0 saturated heterocycles. The molecule has 0 bridgehead atoms. The van der Waals surface area contributed by atoms with Gasteiger partial charge in [0, 0.05) is 23.4 Å². The summed E-state index contributed by atoms with van der Waals surface area (Å²) in [6, 6.07) is 10.8. The first-order chi connectivity index (χ1) is 11.4. The second-order valence-corrected chi connectivity index (χ2v) is 4.97. The normalized spacial score (nSPS) is 10.8. The van der Waals surface area contributed by atoms with Gasteiger partial charge in [-0.2, -0.15) is 5.26 Å². The van der Waals surface area contributed by atoms with Crippen molar-refractivity contribution in [2.45, 2.75) is 0 Å². The molecule has 120 valence electrons. The van der Waals surface area contributed by atoms with Gasteiger partial charge in [-0.15, -0.1) is 0 Å². The zero-order valence-electron chi connectivity index (χ0n) is 12.0. The molecule has 6 nitrogen and oxygen atoms in total. The van der Waals surface area contributed by atoms with E-state index in [-0.39, 0.29) is 22.0 Å². The van der Waals surface area contributed by atoms with Gasteiger partial charge in [0.05, 0.1) is 9.95 Å². The number of amides is 1. The van der Waals surface area contributed by atoms with Gasteiger partial charge in [-0.25, -0.2) is 4.39 Å². The van der Waals surface area contributed by atoms with E-state index in [2.05, 4.69) is 5.32 Å². The highest BCUT2D eigenvalue weighted by atomic mass is 35.5. The Morgan fingerprint density at radius 2 is 2.04 bits per heavy atom. The minimum Gasteiger partial charge on any atom is -0.321 e. The predicted molar refractivity (Wildman–Crippen MR) is 86.7 cm³/mol. The third-order valence-electron chi connectivity index (χ3n) is 2.97. The summed E-state index contributed by atoms with van der Waals surface area (Å²) in [4.78, 5) is 22.2. The van der Waals surface area contributed by atoms with Crippen LogP contribution in [-0.2, 0) is 4.79 Å². The summed E-state index contributed by atoms with van der Waals surface area (Å²) in [6.07, 6.45) is 1.02. The third kappa shape index (κ3) is 3.94. The molecule has 0 atom stereocenters. The van der Waals surface area contributed by atoms with E-state index in [1.165, 1.54) is 30.3 Å². The molecule has 1 amide bonds. The molecule has 0 aromatic heterocycles. The molecule has 2 aromatic rings. The van der Waals surface area contributed by atoms with Gasteiger partial charge >= 0.3 is 0 Å². The molecular formula is C16H9ClFN3O3. The number of nitro groups is 1. The summed E-state index contributed by atoms with van der Waals surface area (Å²) >= 11 is 5.85. The van der Waals surface area contributed by atoms with Gasteiger partial charge < -0.3 is 5.32 Å². The Labute approximate surface area is 140 Å². The van der Waals surface area contributed by atoms with Crippen molar-refractivity contribution in [3.05, 3.63) is 74.6 Å². The molecule has 0 aliphatic heterocycles. The number of halogens is 2. The van der Waals surface area contributed by atoms with Crippen molar-refractivity contribution in [1.29, 1.82) is 5.26 Å². The molecule has 0 heterocycles. The minimum absolute atomic E-state index is 0.0471. The number of anilines is 1. The first-order valence-corrected chi connectivity index (χ1v) is 6.92. The first kappa shape index (κ1) is 17.1. The van der Waals surface area contributed by atoms with Gasteiger partial charge in [0.2, 0.25) is 0 Å². The van der Waals surface area contributed by atoms with Crippen LogP contribution in [0.4, 0.5) is 15.8 Å². The number of nitro benzene ring substituents is 1. The van der Waals surface area contributed by atoms with E-state index < -0.39 is 22.2 Å². The number of carbonyl (C=O) groups is 1. The molecule has 8 heteroatoms. The van der Waals surface area contributed by atoms with Crippen molar-refractivity contribution in [2.24, 2.45) is 0 Å². The second-order valence-electron chi connectivity index (χ2n) is 4.57. The Hall–Kier alpha value is -3.24. The number of non-ortho nitro benzene ring substituents is 1. The molecular weight excluding hydrogens is 337 g/mol. The summed E-state index contributed by atoms with van der Waals surface area (Å²) in [5.74, 6) is -1.52. The molecule has 0 radical (unpaired) electrons. The topological polar surface area (TPSA) is 96.0 Å². The number of nitriles is 1. The average molecular weight is 346 g/mol. The molecule has 0 aliphatic rings. The lowest BCUT2D eigenvalue weighted by Crippen LogP contribution is -2.13. The zero-order chi connectivity index (χ0) is 17.7. The van der Waals surface area contributed by atoms with Crippen molar-refractivity contribution in [2.75, 3.05) is 5.32 Å². The van der Waals surface area contributed by atoms with Crippen LogP contribution in [-0.4, -0.2) is 10.8 Å². The lowest BCUT2D eigenvalue weighted by Gasteiger charge is -2.05. The van der Waals surface area contributed by atoms with Gasteiger partial charge in [0.25, 0.3) is 11.6 Å². The first-order valence-electron chi connectivity index (χ1n) is 6.54. The Morgan fingerprint density at radius 3 is 2.67 bits per heavy atom. The standard InChI is InChI=1S/C16H9ClFN3O3/c17-14-5-2-6-15(18)13(14)7-10(9-19)16(22)20-11-3-1-4-12(8-11)21(23)24/h1-8H,(H,20,22)/b10-7+. The van der Waals surface area contributed by atoms with Crippen LogP contribution in [0.5, 0.6) is 0 Å². The Kier molecular flexibility index (Phi) is 5.24. The Bertz CT molecular complexity index is 870. The third-order valence-corrected chi connectivity index (χ3v) is 3.30. The minimum atomic E-state index is -0.836. The number of hydrogen-bond acceptors (Lipinski definition) is 4. The number of benzene rings is 2. The van der Waals surface area contributed by atoms with E-state index >= 15 is 0 Å². The van der Waals surface area contributed by atoms with Crippen molar-refractivity contribution in [1.82, 2.24) is 0 Å². The Balaban J connectivity index is 2.30. The second kappa shape index (κ2) is 7.35. The zero-order valence-corrected chi connectivity index (χ0v) is 12.7. The molecule has 0 spiro atoms.